The summed E-state index contributed by atoms with van der Waals surface area (Å²) >= 11 is 6.05. The minimum Gasteiger partial charge on any atom is -0.493 e. The zero-order valence-electron chi connectivity index (χ0n) is 14.7. The third-order valence-corrected chi connectivity index (χ3v) is 4.08. The number of amides is 1. The van der Waals surface area contributed by atoms with Gasteiger partial charge in [-0.1, -0.05) is 23.7 Å². The van der Waals surface area contributed by atoms with Crippen molar-refractivity contribution in [1.29, 1.82) is 10.5 Å². The number of carbonyl (C=O) groups excluding carboxylic acids is 1. The van der Waals surface area contributed by atoms with Crippen LogP contribution in [0.15, 0.2) is 42.0 Å². The van der Waals surface area contributed by atoms with Crippen LogP contribution in [0.5, 0.6) is 11.5 Å². The molecular formula is C20H16ClN3O3. The molecule has 0 heterocycles. The second-order valence-corrected chi connectivity index (χ2v) is 5.80. The summed E-state index contributed by atoms with van der Waals surface area (Å²) in [6.07, 6.45) is 1.44. The van der Waals surface area contributed by atoms with Gasteiger partial charge in [0.05, 0.1) is 7.11 Å². The summed E-state index contributed by atoms with van der Waals surface area (Å²) in [6, 6.07) is 13.8. The fraction of sp³-hybridized carbons (Fsp3) is 0.150. The number of ether oxygens (including phenoxy) is 2. The normalized spacial score (nSPS) is 10.5. The molecule has 2 aromatic rings. The Morgan fingerprint density at radius 1 is 1.26 bits per heavy atom. The molecule has 2 aromatic carbocycles. The van der Waals surface area contributed by atoms with Crippen LogP contribution in [-0.2, 0) is 4.79 Å². The van der Waals surface area contributed by atoms with E-state index in [1.807, 2.05) is 12.1 Å². The fourth-order valence-electron chi connectivity index (χ4n) is 2.25. The Bertz CT molecular complexity index is 971. The zero-order chi connectivity index (χ0) is 19.8. The van der Waals surface area contributed by atoms with Crippen molar-refractivity contribution in [1.82, 2.24) is 0 Å². The molecule has 0 unspecified atom stereocenters. The molecule has 0 fully saturated rings. The van der Waals surface area contributed by atoms with Gasteiger partial charge in [0.25, 0.3) is 5.91 Å². The summed E-state index contributed by atoms with van der Waals surface area (Å²) in [7, 11) is 1.46. The van der Waals surface area contributed by atoms with Crippen LogP contribution >= 0.6 is 11.6 Å². The lowest BCUT2D eigenvalue weighted by Gasteiger charge is -2.10. The van der Waals surface area contributed by atoms with Crippen molar-refractivity contribution in [2.24, 2.45) is 0 Å². The van der Waals surface area contributed by atoms with Crippen molar-refractivity contribution in [2.45, 2.75) is 6.92 Å². The third kappa shape index (κ3) is 5.01. The molecule has 27 heavy (non-hydrogen) atoms. The van der Waals surface area contributed by atoms with Gasteiger partial charge in [0.15, 0.2) is 18.1 Å². The first-order valence-corrected chi connectivity index (χ1v) is 8.24. The summed E-state index contributed by atoms with van der Waals surface area (Å²) in [5.74, 6) is 0.239. The number of hydrogen-bond acceptors (Lipinski definition) is 5. The van der Waals surface area contributed by atoms with Crippen molar-refractivity contribution in [3.8, 4) is 23.6 Å². The van der Waals surface area contributed by atoms with Gasteiger partial charge in [-0.3, -0.25) is 4.79 Å². The predicted molar refractivity (Wildman–Crippen MR) is 103 cm³/mol. The Kier molecular flexibility index (Phi) is 6.82. The van der Waals surface area contributed by atoms with E-state index < -0.39 is 5.91 Å². The highest BCUT2D eigenvalue weighted by atomic mass is 35.5. The van der Waals surface area contributed by atoms with Crippen molar-refractivity contribution in [3.05, 3.63) is 58.1 Å². The number of methoxy groups -OCH3 is 1. The second kappa shape index (κ2) is 9.28. The molecule has 0 saturated heterocycles. The molecule has 0 spiro atoms. The first kappa shape index (κ1) is 19.8. The highest BCUT2D eigenvalue weighted by molar-refractivity contribution is 6.31. The Morgan fingerprint density at radius 2 is 2.04 bits per heavy atom. The smallest absolute Gasteiger partial charge is 0.266 e. The highest BCUT2D eigenvalue weighted by Crippen LogP contribution is 2.29. The molecule has 0 saturated carbocycles. The lowest BCUT2D eigenvalue weighted by atomic mass is 10.1. The van der Waals surface area contributed by atoms with E-state index in [-0.39, 0.29) is 12.2 Å². The number of nitrogens with zero attached hydrogens (tertiary/aromatic N) is 2. The van der Waals surface area contributed by atoms with Crippen LogP contribution in [-0.4, -0.2) is 19.6 Å². The van der Waals surface area contributed by atoms with Crippen LogP contribution in [0.25, 0.3) is 6.08 Å². The minimum absolute atomic E-state index is 0.0814. The lowest BCUT2D eigenvalue weighted by molar-refractivity contribution is -0.112. The van der Waals surface area contributed by atoms with Crippen LogP contribution in [0.1, 0.15) is 11.1 Å². The average Bonchev–Trinajstić information content (AvgIpc) is 2.68. The van der Waals surface area contributed by atoms with E-state index in [4.69, 9.17) is 26.3 Å². The van der Waals surface area contributed by atoms with Crippen molar-refractivity contribution < 1.29 is 14.3 Å². The van der Waals surface area contributed by atoms with Crippen LogP contribution in [0.3, 0.4) is 0 Å². The van der Waals surface area contributed by atoms with Gasteiger partial charge in [0.1, 0.15) is 17.7 Å². The molecule has 0 aliphatic rings. The van der Waals surface area contributed by atoms with Gasteiger partial charge in [-0.05, 0) is 48.4 Å². The number of halogens is 1. The van der Waals surface area contributed by atoms with Gasteiger partial charge in [-0.25, -0.2) is 0 Å². The molecule has 1 N–H and O–H groups in total. The topological polar surface area (TPSA) is 95.1 Å². The van der Waals surface area contributed by atoms with Gasteiger partial charge in [-0.2, -0.15) is 10.5 Å². The Balaban J connectivity index is 2.27. The van der Waals surface area contributed by atoms with Crippen LogP contribution in [0, 0.1) is 29.6 Å². The average molecular weight is 382 g/mol. The van der Waals surface area contributed by atoms with Crippen LogP contribution in [0.2, 0.25) is 5.02 Å². The molecule has 0 aromatic heterocycles. The highest BCUT2D eigenvalue weighted by Gasteiger charge is 2.13. The van der Waals surface area contributed by atoms with E-state index in [1.165, 1.54) is 13.2 Å². The molecule has 136 valence electrons. The molecule has 2 rings (SSSR count). The summed E-state index contributed by atoms with van der Waals surface area (Å²) in [5, 5.41) is 21.2. The molecule has 0 atom stereocenters. The summed E-state index contributed by atoms with van der Waals surface area (Å²) in [4.78, 5) is 12.4. The van der Waals surface area contributed by atoms with Gasteiger partial charge in [-0.15, -0.1) is 0 Å². The summed E-state index contributed by atoms with van der Waals surface area (Å²) < 4.78 is 10.5. The monoisotopic (exact) mass is 381 g/mol. The Hall–Kier alpha value is -3.48. The van der Waals surface area contributed by atoms with E-state index >= 15 is 0 Å². The van der Waals surface area contributed by atoms with Gasteiger partial charge < -0.3 is 14.8 Å². The zero-order valence-corrected chi connectivity index (χ0v) is 15.5. The number of nitrogens with one attached hydrogen (secondary N) is 1. The molecule has 1 amide bonds. The third-order valence-electron chi connectivity index (χ3n) is 3.67. The Morgan fingerprint density at radius 3 is 2.70 bits per heavy atom. The maximum atomic E-state index is 12.4. The lowest BCUT2D eigenvalue weighted by Crippen LogP contribution is -2.14. The van der Waals surface area contributed by atoms with Gasteiger partial charge in [0.2, 0.25) is 0 Å². The molecule has 6 nitrogen and oxygen atoms in total. The van der Waals surface area contributed by atoms with Crippen molar-refractivity contribution >= 4 is 29.3 Å². The van der Waals surface area contributed by atoms with E-state index in [0.29, 0.717) is 33.3 Å². The maximum Gasteiger partial charge on any atom is 0.266 e. The largest absolute Gasteiger partial charge is 0.493 e. The SMILES string of the molecule is COc1cc(/C=C(\C#N)C(=O)Nc2cccc(Cl)c2C)ccc1OCC#N. The quantitative estimate of drug-likeness (QED) is 0.600. The minimum atomic E-state index is -0.549. The fourth-order valence-corrected chi connectivity index (χ4v) is 2.43. The number of benzene rings is 2. The summed E-state index contributed by atoms with van der Waals surface area (Å²) in [5.41, 5.74) is 1.74. The van der Waals surface area contributed by atoms with E-state index in [9.17, 15) is 10.1 Å². The molecule has 0 aliphatic heterocycles. The van der Waals surface area contributed by atoms with E-state index in [2.05, 4.69) is 5.32 Å². The molecular weight excluding hydrogens is 366 g/mol. The first-order valence-electron chi connectivity index (χ1n) is 7.86. The first-order chi connectivity index (χ1) is 13.0. The number of carbonyl (C=O) groups is 1. The summed E-state index contributed by atoms with van der Waals surface area (Å²) in [6.45, 7) is 1.66. The maximum absolute atomic E-state index is 12.4. The van der Waals surface area contributed by atoms with Gasteiger partial charge >= 0.3 is 0 Å². The molecule has 0 aliphatic carbocycles. The van der Waals surface area contributed by atoms with Crippen molar-refractivity contribution in [2.75, 3.05) is 19.0 Å². The number of nitriles is 2. The van der Waals surface area contributed by atoms with Crippen LogP contribution < -0.4 is 14.8 Å². The predicted octanol–water partition coefficient (Wildman–Crippen LogP) is 4.11. The second-order valence-electron chi connectivity index (χ2n) is 5.39. The standard InChI is InChI=1S/C20H16ClN3O3/c1-13-16(21)4-3-5-17(13)24-20(25)15(12-23)10-14-6-7-18(27-9-8-22)19(11-14)26-2/h3-7,10-11H,9H2,1-2H3,(H,24,25)/b15-10+. The number of rotatable bonds is 6. The van der Waals surface area contributed by atoms with Gasteiger partial charge in [0, 0.05) is 10.7 Å². The van der Waals surface area contributed by atoms with E-state index in [1.54, 1.807) is 43.3 Å². The number of anilines is 1. The van der Waals surface area contributed by atoms with Crippen LogP contribution in [0.4, 0.5) is 5.69 Å². The van der Waals surface area contributed by atoms with Crippen molar-refractivity contribution in [3.63, 3.8) is 0 Å². The van der Waals surface area contributed by atoms with E-state index in [0.717, 1.165) is 0 Å². The Labute approximate surface area is 162 Å². The molecule has 7 heteroatoms. The number of hydrogen-bond donors (Lipinski definition) is 1. The molecule has 0 bridgehead atoms. The molecule has 0 radical (unpaired) electrons.